The van der Waals surface area contributed by atoms with Crippen molar-refractivity contribution in [2.45, 2.75) is 20.8 Å². The predicted octanol–water partition coefficient (Wildman–Crippen LogP) is 2.60. The highest BCUT2D eigenvalue weighted by atomic mass is 16.5. The summed E-state index contributed by atoms with van der Waals surface area (Å²) in [6.07, 6.45) is 12.9. The second kappa shape index (κ2) is 12.0. The Morgan fingerprint density at radius 1 is 1.24 bits per heavy atom. The first-order valence-corrected chi connectivity index (χ1v) is 6.71. The first-order valence-electron chi connectivity index (χ1n) is 6.71. The van der Waals surface area contributed by atoms with Gasteiger partial charge in [-0.05, 0) is 43.5 Å². The maximum absolute atomic E-state index is 8.99. The van der Waals surface area contributed by atoms with Crippen molar-refractivity contribution in [3.63, 3.8) is 0 Å². The van der Waals surface area contributed by atoms with Gasteiger partial charge >= 0.3 is 7.12 Å². The summed E-state index contributed by atoms with van der Waals surface area (Å²) in [6, 6.07) is 0. The number of hydrogen-bond acceptors (Lipinski definition) is 3. The van der Waals surface area contributed by atoms with E-state index in [1.54, 1.807) is 39.2 Å². The molecule has 3 nitrogen and oxygen atoms in total. The fourth-order valence-electron chi connectivity index (χ4n) is 1.46. The molecule has 0 aliphatic rings. The Hall–Kier alpha value is -1.80. The first-order chi connectivity index (χ1) is 10.1. The molecular weight excluding hydrogens is 263 g/mol. The maximum Gasteiger partial charge on any atom is 0.483 e. The van der Waals surface area contributed by atoms with Crippen LogP contribution in [0, 0.1) is 11.8 Å². The van der Waals surface area contributed by atoms with E-state index < -0.39 is 7.12 Å². The Kier molecular flexibility index (Phi) is 11.0. The van der Waals surface area contributed by atoms with E-state index in [9.17, 15) is 0 Å². The number of rotatable bonds is 7. The van der Waals surface area contributed by atoms with Crippen LogP contribution in [-0.2, 0) is 4.74 Å². The molecular formula is C17H23BO3. The molecule has 0 saturated heterocycles. The largest absolute Gasteiger partial charge is 0.483 e. The van der Waals surface area contributed by atoms with Gasteiger partial charge in [-0.3, -0.25) is 0 Å². The lowest BCUT2D eigenvalue weighted by atomic mass is 9.80. The molecule has 0 aromatic rings. The number of allylic oxidation sites excluding steroid dienone is 8. The average molecular weight is 286 g/mol. The van der Waals surface area contributed by atoms with Gasteiger partial charge in [0.2, 0.25) is 0 Å². The van der Waals surface area contributed by atoms with E-state index in [0.29, 0.717) is 12.1 Å². The smallest absolute Gasteiger partial charge is 0.423 e. The summed E-state index contributed by atoms with van der Waals surface area (Å²) in [5.41, 5.74) is 2.50. The minimum Gasteiger partial charge on any atom is -0.423 e. The van der Waals surface area contributed by atoms with E-state index in [2.05, 4.69) is 11.8 Å². The fraction of sp³-hybridized carbons (Fsp3) is 0.294. The molecule has 0 spiro atoms. The summed E-state index contributed by atoms with van der Waals surface area (Å²) in [4.78, 5) is 0. The molecule has 0 amide bonds. The number of hydrogen-bond donors (Lipinski definition) is 2. The van der Waals surface area contributed by atoms with Crippen molar-refractivity contribution in [2.24, 2.45) is 0 Å². The van der Waals surface area contributed by atoms with E-state index in [-0.39, 0.29) is 0 Å². The van der Waals surface area contributed by atoms with Crippen molar-refractivity contribution in [2.75, 3.05) is 13.7 Å². The third-order valence-corrected chi connectivity index (χ3v) is 2.65. The van der Waals surface area contributed by atoms with Crippen LogP contribution in [0.3, 0.4) is 0 Å². The van der Waals surface area contributed by atoms with Crippen LogP contribution in [-0.4, -0.2) is 30.9 Å². The molecule has 4 heteroatoms. The summed E-state index contributed by atoms with van der Waals surface area (Å²) in [5.74, 6) is 5.65. The molecule has 0 unspecified atom stereocenters. The zero-order chi connectivity index (χ0) is 16.1. The van der Waals surface area contributed by atoms with Crippen LogP contribution in [0.4, 0.5) is 0 Å². The van der Waals surface area contributed by atoms with Gasteiger partial charge in [0.1, 0.15) is 0 Å². The van der Waals surface area contributed by atoms with Crippen molar-refractivity contribution in [1.82, 2.24) is 0 Å². The van der Waals surface area contributed by atoms with Crippen LogP contribution in [0.15, 0.2) is 59.2 Å². The van der Waals surface area contributed by atoms with Gasteiger partial charge in [0.05, 0.1) is 6.61 Å². The van der Waals surface area contributed by atoms with Gasteiger partial charge in [-0.2, -0.15) is 0 Å². The quantitative estimate of drug-likeness (QED) is 0.429. The molecule has 21 heavy (non-hydrogen) atoms. The Morgan fingerprint density at radius 3 is 2.48 bits per heavy atom. The molecule has 0 fully saturated rings. The second-order valence-electron chi connectivity index (χ2n) is 4.27. The predicted molar refractivity (Wildman–Crippen MR) is 89.4 cm³/mol. The Bertz CT molecular complexity index is 512. The Morgan fingerprint density at radius 2 is 1.95 bits per heavy atom. The normalized spacial score (nSPS) is 13.7. The number of ether oxygens (including phenoxy) is 1. The van der Waals surface area contributed by atoms with Gasteiger partial charge < -0.3 is 14.8 Å². The molecule has 0 bridgehead atoms. The van der Waals surface area contributed by atoms with Crippen molar-refractivity contribution in [1.29, 1.82) is 0 Å². The van der Waals surface area contributed by atoms with Crippen molar-refractivity contribution < 1.29 is 14.8 Å². The van der Waals surface area contributed by atoms with E-state index in [1.165, 1.54) is 0 Å². The minimum absolute atomic E-state index is 0.483. The van der Waals surface area contributed by atoms with E-state index in [1.807, 2.05) is 31.2 Å². The lowest BCUT2D eigenvalue weighted by Gasteiger charge is -2.06. The molecule has 0 heterocycles. The van der Waals surface area contributed by atoms with E-state index >= 15 is 0 Å². The van der Waals surface area contributed by atoms with Crippen LogP contribution >= 0.6 is 0 Å². The van der Waals surface area contributed by atoms with Crippen LogP contribution in [0.1, 0.15) is 20.8 Å². The highest BCUT2D eigenvalue weighted by molar-refractivity contribution is 6.50. The van der Waals surface area contributed by atoms with Gasteiger partial charge in [-0.25, -0.2) is 0 Å². The molecule has 0 aromatic carbocycles. The van der Waals surface area contributed by atoms with Crippen LogP contribution < -0.4 is 0 Å². The molecule has 2 N–H and O–H groups in total. The topological polar surface area (TPSA) is 49.7 Å². The SMILES string of the molecule is CC#C/C=C\C=C(/COC)C(=CC)/C=C\C=C(/C)B(O)O. The highest BCUT2D eigenvalue weighted by Crippen LogP contribution is 2.13. The van der Waals surface area contributed by atoms with E-state index in [4.69, 9.17) is 14.8 Å². The molecule has 112 valence electrons. The van der Waals surface area contributed by atoms with Crippen molar-refractivity contribution in [3.05, 3.63) is 59.2 Å². The summed E-state index contributed by atoms with van der Waals surface area (Å²) in [7, 11) is 0.222. The highest BCUT2D eigenvalue weighted by Gasteiger charge is 2.07. The summed E-state index contributed by atoms with van der Waals surface area (Å²) in [6.45, 7) is 5.87. The molecule has 0 saturated carbocycles. The summed E-state index contributed by atoms with van der Waals surface area (Å²) in [5, 5.41) is 18.0. The first kappa shape index (κ1) is 19.2. The number of methoxy groups -OCH3 is 1. The lowest BCUT2D eigenvalue weighted by Crippen LogP contribution is -2.12. The Labute approximate surface area is 128 Å². The monoisotopic (exact) mass is 286 g/mol. The van der Waals surface area contributed by atoms with E-state index in [0.717, 1.165) is 11.1 Å². The van der Waals surface area contributed by atoms with Gasteiger partial charge in [0.15, 0.2) is 0 Å². The van der Waals surface area contributed by atoms with Gasteiger partial charge in [0.25, 0.3) is 0 Å². The Balaban J connectivity index is 5.12. The van der Waals surface area contributed by atoms with Crippen LogP contribution in [0.5, 0.6) is 0 Å². The minimum atomic E-state index is -1.42. The van der Waals surface area contributed by atoms with Crippen molar-refractivity contribution >= 4 is 7.12 Å². The van der Waals surface area contributed by atoms with Crippen LogP contribution in [0.2, 0.25) is 0 Å². The molecule has 0 aromatic heterocycles. The molecule has 0 aliphatic carbocycles. The zero-order valence-electron chi connectivity index (χ0n) is 13.1. The van der Waals surface area contributed by atoms with Gasteiger partial charge in [0, 0.05) is 7.11 Å². The summed E-state index contributed by atoms with van der Waals surface area (Å²) < 4.78 is 5.20. The maximum atomic E-state index is 8.99. The second-order valence-corrected chi connectivity index (χ2v) is 4.27. The standard InChI is InChI=1S/C17H23BO3/c1-5-7-8-9-12-17(14-21-4)16(6-2)13-10-11-15(3)18(19)20/h6,8-13,19-20H,14H2,1-4H3/b9-8-,13-10-,15-11+,16-6?,17-12+. The molecule has 0 atom stereocenters. The lowest BCUT2D eigenvalue weighted by molar-refractivity contribution is 0.227. The van der Waals surface area contributed by atoms with Crippen molar-refractivity contribution in [3.8, 4) is 11.8 Å². The third kappa shape index (κ3) is 8.88. The molecule has 0 rings (SSSR count). The van der Waals surface area contributed by atoms with Gasteiger partial charge in [-0.15, -0.1) is 5.92 Å². The van der Waals surface area contributed by atoms with Crippen LogP contribution in [0.25, 0.3) is 0 Å². The fourth-order valence-corrected chi connectivity index (χ4v) is 1.46. The third-order valence-electron chi connectivity index (χ3n) is 2.65. The summed E-state index contributed by atoms with van der Waals surface area (Å²) >= 11 is 0. The molecule has 0 radical (unpaired) electrons. The molecule has 0 aliphatic heterocycles. The van der Waals surface area contributed by atoms with Gasteiger partial charge in [-0.1, -0.05) is 42.4 Å². The zero-order valence-corrected chi connectivity index (χ0v) is 13.1. The average Bonchev–Trinajstić information content (AvgIpc) is 2.47.